The second kappa shape index (κ2) is 8.44. The first-order chi connectivity index (χ1) is 15.9. The fourth-order valence-corrected chi connectivity index (χ4v) is 4.26. The van der Waals surface area contributed by atoms with E-state index in [9.17, 15) is 4.79 Å². The van der Waals surface area contributed by atoms with Crippen molar-refractivity contribution in [2.75, 3.05) is 13.3 Å². The Morgan fingerprint density at radius 1 is 1.18 bits per heavy atom. The number of hydrogen-bond donors (Lipinski definition) is 1. The number of amides is 2. The van der Waals surface area contributed by atoms with Gasteiger partial charge in [0.2, 0.25) is 12.6 Å². The van der Waals surface area contributed by atoms with Gasteiger partial charge < -0.3 is 19.3 Å². The van der Waals surface area contributed by atoms with Crippen molar-refractivity contribution >= 4 is 23.2 Å². The Kier molecular flexibility index (Phi) is 5.46. The van der Waals surface area contributed by atoms with E-state index in [-0.39, 0.29) is 18.7 Å². The molecule has 8 nitrogen and oxygen atoms in total. The predicted molar refractivity (Wildman–Crippen MR) is 123 cm³/mol. The lowest BCUT2D eigenvalue weighted by atomic mass is 9.94. The third-order valence-electron chi connectivity index (χ3n) is 5.61. The van der Waals surface area contributed by atoms with E-state index in [0.717, 1.165) is 22.4 Å². The molecule has 0 saturated heterocycles. The van der Waals surface area contributed by atoms with Gasteiger partial charge in [-0.05, 0) is 48.7 Å². The van der Waals surface area contributed by atoms with Gasteiger partial charge in [0.1, 0.15) is 0 Å². The standard InChI is InChI=1S/C24H23ClN4O4/c1-13(2)11-29-14(3)20(21(26-24(29)30)15-5-4-6-17(25)9-15)23-27-22(28-33-23)16-7-8-18-19(10-16)32-12-31-18/h4-10,13,21H,11-12H2,1-3H3,(H,26,30). The minimum absolute atomic E-state index is 0.176. The Balaban J connectivity index is 1.59. The van der Waals surface area contributed by atoms with Crippen molar-refractivity contribution in [3.8, 4) is 22.9 Å². The topological polar surface area (TPSA) is 89.7 Å². The largest absolute Gasteiger partial charge is 0.454 e. The molecule has 33 heavy (non-hydrogen) atoms. The minimum Gasteiger partial charge on any atom is -0.454 e. The summed E-state index contributed by atoms with van der Waals surface area (Å²) in [6.07, 6.45) is 0. The summed E-state index contributed by atoms with van der Waals surface area (Å²) in [5.41, 5.74) is 3.07. The van der Waals surface area contributed by atoms with E-state index >= 15 is 0 Å². The van der Waals surface area contributed by atoms with Crippen LogP contribution < -0.4 is 14.8 Å². The molecule has 1 atom stereocenters. The van der Waals surface area contributed by atoms with Crippen LogP contribution in [0.4, 0.5) is 4.79 Å². The highest BCUT2D eigenvalue weighted by atomic mass is 35.5. The Bertz CT molecular complexity index is 1250. The van der Waals surface area contributed by atoms with E-state index in [1.165, 1.54) is 0 Å². The van der Waals surface area contributed by atoms with Gasteiger partial charge in [0, 0.05) is 22.8 Å². The molecule has 0 fully saturated rings. The SMILES string of the molecule is CC1=C(c2nc(-c3ccc4c(c3)OCO4)no2)C(c2cccc(Cl)c2)NC(=O)N1CC(C)C. The van der Waals surface area contributed by atoms with E-state index in [4.69, 9.17) is 25.6 Å². The zero-order valence-corrected chi connectivity index (χ0v) is 19.2. The zero-order chi connectivity index (χ0) is 23.1. The molecule has 3 aromatic rings. The lowest BCUT2D eigenvalue weighted by Gasteiger charge is -2.36. The van der Waals surface area contributed by atoms with Gasteiger partial charge >= 0.3 is 6.03 Å². The molecule has 1 aromatic heterocycles. The van der Waals surface area contributed by atoms with Crippen molar-refractivity contribution in [1.82, 2.24) is 20.4 Å². The summed E-state index contributed by atoms with van der Waals surface area (Å²) < 4.78 is 16.6. The number of carbonyl (C=O) groups excluding carboxylic acids is 1. The number of hydrogen-bond acceptors (Lipinski definition) is 6. The molecule has 2 amide bonds. The number of fused-ring (bicyclic) bond motifs is 1. The Morgan fingerprint density at radius 3 is 2.79 bits per heavy atom. The molecule has 0 radical (unpaired) electrons. The third kappa shape index (κ3) is 4.02. The molecule has 9 heteroatoms. The van der Waals surface area contributed by atoms with Gasteiger partial charge in [-0.1, -0.05) is 42.7 Å². The third-order valence-corrected chi connectivity index (χ3v) is 5.85. The number of nitrogens with one attached hydrogen (secondary N) is 1. The summed E-state index contributed by atoms with van der Waals surface area (Å²) in [4.78, 5) is 19.4. The molecule has 1 N–H and O–H groups in total. The molecule has 0 saturated carbocycles. The van der Waals surface area contributed by atoms with Gasteiger partial charge in [-0.3, -0.25) is 4.90 Å². The van der Waals surface area contributed by atoms with Gasteiger partial charge in [-0.25, -0.2) is 4.79 Å². The number of nitrogens with zero attached hydrogens (tertiary/aromatic N) is 3. The molecule has 0 aliphatic carbocycles. The van der Waals surface area contributed by atoms with Crippen LogP contribution in [-0.2, 0) is 0 Å². The number of ether oxygens (including phenoxy) is 2. The number of aromatic nitrogens is 2. The van der Waals surface area contributed by atoms with Crippen LogP contribution in [-0.4, -0.2) is 34.4 Å². The molecule has 170 valence electrons. The van der Waals surface area contributed by atoms with Crippen LogP contribution in [0.25, 0.3) is 17.0 Å². The number of urea groups is 1. The average Bonchev–Trinajstić information content (AvgIpc) is 3.45. The van der Waals surface area contributed by atoms with Gasteiger partial charge in [0.25, 0.3) is 5.89 Å². The normalized spacial score (nSPS) is 17.7. The summed E-state index contributed by atoms with van der Waals surface area (Å²) in [6.45, 7) is 6.78. The second-order valence-electron chi connectivity index (χ2n) is 8.43. The fraction of sp³-hybridized carbons (Fsp3) is 0.292. The quantitative estimate of drug-likeness (QED) is 0.550. The van der Waals surface area contributed by atoms with E-state index in [0.29, 0.717) is 34.8 Å². The monoisotopic (exact) mass is 466 g/mol. The molecular formula is C24H23ClN4O4. The first-order valence-electron chi connectivity index (χ1n) is 10.7. The zero-order valence-electron chi connectivity index (χ0n) is 18.5. The maximum Gasteiger partial charge on any atom is 0.322 e. The molecule has 5 rings (SSSR count). The van der Waals surface area contributed by atoms with Crippen LogP contribution in [0.1, 0.15) is 38.3 Å². The molecule has 1 unspecified atom stereocenters. The van der Waals surface area contributed by atoms with E-state index < -0.39 is 6.04 Å². The number of allylic oxidation sites excluding steroid dienone is 1. The van der Waals surface area contributed by atoms with Crippen molar-refractivity contribution in [3.63, 3.8) is 0 Å². The van der Waals surface area contributed by atoms with Gasteiger partial charge in [-0.15, -0.1) is 0 Å². The first kappa shape index (κ1) is 21.3. The highest BCUT2D eigenvalue weighted by molar-refractivity contribution is 6.30. The summed E-state index contributed by atoms with van der Waals surface area (Å²) >= 11 is 6.25. The van der Waals surface area contributed by atoms with E-state index in [2.05, 4.69) is 29.3 Å². The molecule has 2 aromatic carbocycles. The summed E-state index contributed by atoms with van der Waals surface area (Å²) in [7, 11) is 0. The molecule has 2 aliphatic rings. The van der Waals surface area contributed by atoms with Crippen LogP contribution >= 0.6 is 11.6 Å². The highest BCUT2D eigenvalue weighted by Gasteiger charge is 2.36. The maximum atomic E-state index is 13.0. The summed E-state index contributed by atoms with van der Waals surface area (Å²) in [5, 5.41) is 7.86. The highest BCUT2D eigenvalue weighted by Crippen LogP contribution is 2.39. The van der Waals surface area contributed by atoms with Crippen LogP contribution in [0.5, 0.6) is 11.5 Å². The van der Waals surface area contributed by atoms with Gasteiger partial charge in [-0.2, -0.15) is 4.98 Å². The average molecular weight is 467 g/mol. The first-order valence-corrected chi connectivity index (χ1v) is 11.1. The Labute approximate surface area is 196 Å². The van der Waals surface area contributed by atoms with Crippen molar-refractivity contribution in [2.45, 2.75) is 26.8 Å². The number of rotatable bonds is 5. The number of halogens is 1. The second-order valence-corrected chi connectivity index (χ2v) is 8.87. The molecule has 2 aliphatic heterocycles. The van der Waals surface area contributed by atoms with Crippen LogP contribution in [0.3, 0.4) is 0 Å². The van der Waals surface area contributed by atoms with Crippen molar-refractivity contribution in [3.05, 3.63) is 64.6 Å². The maximum absolute atomic E-state index is 13.0. The molecular weight excluding hydrogens is 444 g/mol. The lowest BCUT2D eigenvalue weighted by Crippen LogP contribution is -2.47. The lowest BCUT2D eigenvalue weighted by molar-refractivity contribution is 0.174. The van der Waals surface area contributed by atoms with Crippen molar-refractivity contribution < 1.29 is 18.8 Å². The smallest absolute Gasteiger partial charge is 0.322 e. The van der Waals surface area contributed by atoms with Crippen LogP contribution in [0, 0.1) is 5.92 Å². The number of carbonyl (C=O) groups is 1. The fourth-order valence-electron chi connectivity index (χ4n) is 4.07. The minimum atomic E-state index is -0.482. The predicted octanol–water partition coefficient (Wildman–Crippen LogP) is 5.27. The summed E-state index contributed by atoms with van der Waals surface area (Å²) in [5.74, 6) is 2.35. The number of benzene rings is 2. The Hall–Kier alpha value is -3.52. The molecule has 3 heterocycles. The van der Waals surface area contributed by atoms with E-state index in [1.54, 1.807) is 11.0 Å². The molecule has 0 bridgehead atoms. The van der Waals surface area contributed by atoms with Crippen molar-refractivity contribution in [1.29, 1.82) is 0 Å². The molecule has 0 spiro atoms. The van der Waals surface area contributed by atoms with Crippen LogP contribution in [0.15, 0.2) is 52.7 Å². The summed E-state index contributed by atoms with van der Waals surface area (Å²) in [6, 6.07) is 12.2. The van der Waals surface area contributed by atoms with E-state index in [1.807, 2.05) is 43.3 Å². The van der Waals surface area contributed by atoms with Crippen LogP contribution in [0.2, 0.25) is 5.02 Å². The van der Waals surface area contributed by atoms with Crippen molar-refractivity contribution in [2.24, 2.45) is 5.92 Å². The van der Waals surface area contributed by atoms with Gasteiger partial charge in [0.15, 0.2) is 11.5 Å². The Morgan fingerprint density at radius 2 is 2.00 bits per heavy atom. The van der Waals surface area contributed by atoms with Gasteiger partial charge in [0.05, 0.1) is 11.6 Å².